The molecule has 7 nitrogen and oxygen atoms in total. The SMILES string of the molecule is Cc1cc(C)c2c(C)c(C(=O)Nc3cc(C(C)(C)C)nn3-c3ncccn3)sc2n1. The molecule has 4 heterocycles. The first-order valence-electron chi connectivity index (χ1n) is 9.72. The Morgan fingerprint density at radius 1 is 1.10 bits per heavy atom. The van der Waals surface area contributed by atoms with Gasteiger partial charge in [-0.2, -0.15) is 9.78 Å². The van der Waals surface area contributed by atoms with E-state index in [4.69, 9.17) is 0 Å². The molecule has 0 aliphatic carbocycles. The second kappa shape index (κ2) is 7.28. The molecule has 0 unspecified atom stereocenters. The Kier molecular flexibility index (Phi) is 4.89. The molecule has 0 saturated carbocycles. The van der Waals surface area contributed by atoms with Gasteiger partial charge in [0.2, 0.25) is 0 Å². The first kappa shape index (κ1) is 20.2. The maximum Gasteiger partial charge on any atom is 0.267 e. The molecule has 1 amide bonds. The molecule has 4 rings (SSSR count). The van der Waals surface area contributed by atoms with Crippen LogP contribution in [-0.2, 0) is 5.41 Å². The average Bonchev–Trinajstić information content (AvgIpc) is 3.24. The van der Waals surface area contributed by atoms with E-state index in [1.165, 1.54) is 11.3 Å². The van der Waals surface area contributed by atoms with Gasteiger partial charge in [-0.1, -0.05) is 20.8 Å². The molecule has 8 heteroatoms. The predicted molar refractivity (Wildman–Crippen MR) is 120 cm³/mol. The zero-order valence-electron chi connectivity index (χ0n) is 17.9. The number of fused-ring (bicyclic) bond motifs is 1. The summed E-state index contributed by atoms with van der Waals surface area (Å²) in [7, 11) is 0. The van der Waals surface area contributed by atoms with Gasteiger partial charge in [0.15, 0.2) is 0 Å². The van der Waals surface area contributed by atoms with Crippen LogP contribution >= 0.6 is 11.3 Å². The summed E-state index contributed by atoms with van der Waals surface area (Å²) in [6.45, 7) is 12.2. The second-order valence-electron chi connectivity index (χ2n) is 8.40. The number of nitrogens with zero attached hydrogens (tertiary/aromatic N) is 5. The Bertz CT molecular complexity index is 1250. The lowest BCUT2D eigenvalue weighted by atomic mass is 9.92. The second-order valence-corrected chi connectivity index (χ2v) is 9.40. The van der Waals surface area contributed by atoms with Crippen molar-refractivity contribution in [2.24, 2.45) is 0 Å². The molecule has 0 aliphatic rings. The zero-order chi connectivity index (χ0) is 21.6. The van der Waals surface area contributed by atoms with Crippen molar-refractivity contribution in [2.45, 2.75) is 47.0 Å². The quantitative estimate of drug-likeness (QED) is 0.517. The van der Waals surface area contributed by atoms with Crippen LogP contribution in [0.1, 0.15) is 53.0 Å². The zero-order valence-corrected chi connectivity index (χ0v) is 18.8. The Hall–Kier alpha value is -3.13. The van der Waals surface area contributed by atoms with Crippen molar-refractivity contribution in [3.05, 3.63) is 58.0 Å². The Balaban J connectivity index is 1.77. The van der Waals surface area contributed by atoms with Gasteiger partial charge in [0.05, 0.1) is 10.6 Å². The summed E-state index contributed by atoms with van der Waals surface area (Å²) in [4.78, 5) is 27.9. The van der Waals surface area contributed by atoms with Crippen LogP contribution < -0.4 is 5.32 Å². The molecule has 0 fully saturated rings. The molecular formula is C22H24N6OS. The van der Waals surface area contributed by atoms with E-state index < -0.39 is 0 Å². The summed E-state index contributed by atoms with van der Waals surface area (Å²) in [5.41, 5.74) is 3.67. The van der Waals surface area contributed by atoms with E-state index >= 15 is 0 Å². The van der Waals surface area contributed by atoms with Crippen molar-refractivity contribution in [3.8, 4) is 5.95 Å². The summed E-state index contributed by atoms with van der Waals surface area (Å²) >= 11 is 1.41. The van der Waals surface area contributed by atoms with E-state index in [1.807, 2.05) is 26.0 Å². The van der Waals surface area contributed by atoms with E-state index in [0.29, 0.717) is 16.6 Å². The van der Waals surface area contributed by atoms with Gasteiger partial charge in [0, 0.05) is 35.0 Å². The fraction of sp³-hybridized carbons (Fsp3) is 0.318. The van der Waals surface area contributed by atoms with Crippen molar-refractivity contribution in [2.75, 3.05) is 5.32 Å². The van der Waals surface area contributed by atoms with Crippen LogP contribution in [0.25, 0.3) is 16.2 Å². The van der Waals surface area contributed by atoms with Gasteiger partial charge in [-0.05, 0) is 44.0 Å². The smallest absolute Gasteiger partial charge is 0.267 e. The molecule has 0 spiro atoms. The molecule has 1 N–H and O–H groups in total. The number of anilines is 1. The molecule has 0 aromatic carbocycles. The molecule has 0 aliphatic heterocycles. The standard InChI is InChI=1S/C22H24N6OS/c1-12-10-13(2)25-20-17(12)14(3)18(30-20)19(29)26-16-11-15(22(4,5)6)27-28(16)21-23-8-7-9-24-21/h7-11H,1-6H3,(H,26,29). The van der Waals surface area contributed by atoms with Crippen LogP contribution in [0, 0.1) is 20.8 Å². The highest BCUT2D eigenvalue weighted by Gasteiger charge is 2.24. The van der Waals surface area contributed by atoms with E-state index in [-0.39, 0.29) is 11.3 Å². The minimum Gasteiger partial charge on any atom is -0.306 e. The number of carbonyl (C=O) groups is 1. The molecule has 30 heavy (non-hydrogen) atoms. The highest BCUT2D eigenvalue weighted by atomic mass is 32.1. The number of rotatable bonds is 3. The molecule has 0 atom stereocenters. The number of hydrogen-bond donors (Lipinski definition) is 1. The van der Waals surface area contributed by atoms with Crippen LogP contribution in [0.15, 0.2) is 30.6 Å². The van der Waals surface area contributed by atoms with Crippen molar-refractivity contribution in [1.82, 2.24) is 24.7 Å². The number of thiophene rings is 1. The summed E-state index contributed by atoms with van der Waals surface area (Å²) in [5.74, 6) is 0.753. The van der Waals surface area contributed by atoms with E-state index in [1.54, 1.807) is 23.1 Å². The number of amides is 1. The summed E-state index contributed by atoms with van der Waals surface area (Å²) < 4.78 is 1.58. The summed E-state index contributed by atoms with van der Waals surface area (Å²) in [5, 5.41) is 8.72. The van der Waals surface area contributed by atoms with E-state index in [0.717, 1.165) is 32.7 Å². The Morgan fingerprint density at radius 3 is 2.47 bits per heavy atom. The van der Waals surface area contributed by atoms with Gasteiger partial charge >= 0.3 is 0 Å². The third kappa shape index (κ3) is 3.59. The largest absolute Gasteiger partial charge is 0.306 e. The fourth-order valence-electron chi connectivity index (χ4n) is 3.40. The van der Waals surface area contributed by atoms with Gasteiger partial charge in [-0.15, -0.1) is 11.3 Å². The Labute approximate surface area is 179 Å². The maximum atomic E-state index is 13.2. The van der Waals surface area contributed by atoms with Crippen LogP contribution in [0.5, 0.6) is 0 Å². The number of hydrogen-bond acceptors (Lipinski definition) is 6. The lowest BCUT2D eigenvalue weighted by Gasteiger charge is -2.13. The van der Waals surface area contributed by atoms with Gasteiger partial charge in [-0.25, -0.2) is 15.0 Å². The number of aryl methyl sites for hydroxylation is 3. The molecule has 154 valence electrons. The van der Waals surface area contributed by atoms with Crippen molar-refractivity contribution < 1.29 is 4.79 Å². The van der Waals surface area contributed by atoms with Gasteiger partial charge in [0.25, 0.3) is 11.9 Å². The molecule has 0 saturated heterocycles. The third-order valence-corrected chi connectivity index (χ3v) is 6.08. The predicted octanol–water partition coefficient (Wildman–Crippen LogP) is 4.75. The number of nitrogens with one attached hydrogen (secondary N) is 1. The van der Waals surface area contributed by atoms with Crippen molar-refractivity contribution in [3.63, 3.8) is 0 Å². The lowest BCUT2D eigenvalue weighted by Crippen LogP contribution is -2.16. The summed E-state index contributed by atoms with van der Waals surface area (Å²) in [6, 6.07) is 5.67. The first-order valence-corrected chi connectivity index (χ1v) is 10.5. The third-order valence-electron chi connectivity index (χ3n) is 4.89. The van der Waals surface area contributed by atoms with Crippen molar-refractivity contribution >= 4 is 33.3 Å². The van der Waals surface area contributed by atoms with Crippen molar-refractivity contribution in [1.29, 1.82) is 0 Å². The average molecular weight is 421 g/mol. The fourth-order valence-corrected chi connectivity index (χ4v) is 4.60. The van der Waals surface area contributed by atoms with Crippen LogP contribution in [-0.4, -0.2) is 30.6 Å². The van der Waals surface area contributed by atoms with Crippen LogP contribution in [0.2, 0.25) is 0 Å². The Morgan fingerprint density at radius 2 is 1.80 bits per heavy atom. The van der Waals surface area contributed by atoms with Crippen LogP contribution in [0.3, 0.4) is 0 Å². The number of pyridine rings is 1. The van der Waals surface area contributed by atoms with E-state index in [2.05, 4.69) is 53.1 Å². The van der Waals surface area contributed by atoms with Crippen LogP contribution in [0.4, 0.5) is 5.82 Å². The highest BCUT2D eigenvalue weighted by molar-refractivity contribution is 7.20. The molecule has 0 bridgehead atoms. The minimum atomic E-state index is -0.190. The van der Waals surface area contributed by atoms with Gasteiger partial charge < -0.3 is 5.32 Å². The number of carbonyl (C=O) groups excluding carboxylic acids is 1. The maximum absolute atomic E-state index is 13.2. The monoisotopic (exact) mass is 420 g/mol. The molecule has 0 radical (unpaired) electrons. The number of aromatic nitrogens is 5. The van der Waals surface area contributed by atoms with Gasteiger partial charge in [-0.3, -0.25) is 4.79 Å². The first-order chi connectivity index (χ1) is 14.1. The topological polar surface area (TPSA) is 85.6 Å². The van der Waals surface area contributed by atoms with Gasteiger partial charge in [0.1, 0.15) is 10.6 Å². The lowest BCUT2D eigenvalue weighted by molar-refractivity contribution is 0.102. The molecule has 4 aromatic rings. The summed E-state index contributed by atoms with van der Waals surface area (Å²) in [6.07, 6.45) is 3.30. The minimum absolute atomic E-state index is 0.189. The van der Waals surface area contributed by atoms with E-state index in [9.17, 15) is 4.79 Å². The molecular weight excluding hydrogens is 396 g/mol. The molecule has 4 aromatic heterocycles. The normalized spacial score (nSPS) is 11.8. The highest BCUT2D eigenvalue weighted by Crippen LogP contribution is 2.33.